The predicted octanol–water partition coefficient (Wildman–Crippen LogP) is 4.91. The number of nitrogens with one attached hydrogen (secondary N) is 1. The van der Waals surface area contributed by atoms with Gasteiger partial charge in [0.15, 0.2) is 17.4 Å². The summed E-state index contributed by atoms with van der Waals surface area (Å²) < 4.78 is 5.74. The maximum Gasteiger partial charge on any atom is 0.176 e. The molecule has 1 aromatic carbocycles. The molecule has 5 heteroatoms. The number of aryl methyl sites for hydroxylation is 2. The quantitative estimate of drug-likeness (QED) is 0.729. The van der Waals surface area contributed by atoms with E-state index < -0.39 is 0 Å². The SMILES string of the molecule is Cc1ccc2c(c1)NC(c1ccc(C)o1)=NC(c1cccs1)=N2. The van der Waals surface area contributed by atoms with Crippen molar-refractivity contribution in [2.24, 2.45) is 9.98 Å². The Morgan fingerprint density at radius 1 is 1.04 bits per heavy atom. The van der Waals surface area contributed by atoms with Crippen LogP contribution in [0.3, 0.4) is 0 Å². The van der Waals surface area contributed by atoms with Gasteiger partial charge >= 0.3 is 0 Å². The molecule has 0 saturated heterocycles. The first kappa shape index (κ1) is 14.0. The molecule has 0 saturated carbocycles. The molecule has 0 atom stereocenters. The number of hydrogen-bond acceptors (Lipinski definition) is 5. The van der Waals surface area contributed by atoms with Crippen LogP contribution in [0.4, 0.5) is 11.4 Å². The van der Waals surface area contributed by atoms with Gasteiger partial charge in [-0.05, 0) is 55.1 Å². The minimum absolute atomic E-state index is 0.676. The van der Waals surface area contributed by atoms with Gasteiger partial charge in [-0.2, -0.15) is 0 Å². The lowest BCUT2D eigenvalue weighted by molar-refractivity contribution is 0.526. The van der Waals surface area contributed by atoms with Gasteiger partial charge in [-0.3, -0.25) is 0 Å². The smallest absolute Gasteiger partial charge is 0.176 e. The number of fused-ring (bicyclic) bond motifs is 1. The van der Waals surface area contributed by atoms with Crippen LogP contribution in [0.1, 0.15) is 22.0 Å². The first-order chi connectivity index (χ1) is 11.2. The molecule has 3 aromatic rings. The van der Waals surface area contributed by atoms with Gasteiger partial charge in [0.05, 0.1) is 16.3 Å². The molecule has 3 heterocycles. The van der Waals surface area contributed by atoms with Crippen molar-refractivity contribution in [3.8, 4) is 0 Å². The molecule has 4 rings (SSSR count). The highest BCUT2D eigenvalue weighted by Crippen LogP contribution is 2.30. The van der Waals surface area contributed by atoms with Crippen LogP contribution in [0.5, 0.6) is 0 Å². The van der Waals surface area contributed by atoms with Crippen LogP contribution >= 0.6 is 11.3 Å². The van der Waals surface area contributed by atoms with Crippen LogP contribution < -0.4 is 5.32 Å². The summed E-state index contributed by atoms with van der Waals surface area (Å²) in [5.74, 6) is 2.93. The lowest BCUT2D eigenvalue weighted by Crippen LogP contribution is -2.14. The molecule has 0 unspecified atom stereocenters. The summed E-state index contributed by atoms with van der Waals surface area (Å²) in [6.07, 6.45) is 0. The fourth-order valence-electron chi connectivity index (χ4n) is 2.44. The molecule has 0 aliphatic carbocycles. The third-order valence-corrected chi connectivity index (χ3v) is 4.43. The van der Waals surface area contributed by atoms with Crippen molar-refractivity contribution in [3.05, 3.63) is 69.8 Å². The Kier molecular flexibility index (Phi) is 3.35. The van der Waals surface area contributed by atoms with Crippen LogP contribution in [0, 0.1) is 13.8 Å². The lowest BCUT2D eigenvalue weighted by atomic mass is 10.2. The number of rotatable bonds is 2. The fourth-order valence-corrected chi connectivity index (χ4v) is 3.10. The fraction of sp³-hybridized carbons (Fsp3) is 0.111. The molecule has 0 spiro atoms. The summed E-state index contributed by atoms with van der Waals surface area (Å²) in [5, 5.41) is 5.39. The number of anilines is 1. The van der Waals surface area contributed by atoms with E-state index >= 15 is 0 Å². The van der Waals surface area contributed by atoms with Crippen LogP contribution in [0.2, 0.25) is 0 Å². The van der Waals surface area contributed by atoms with E-state index in [1.54, 1.807) is 11.3 Å². The number of benzene rings is 1. The molecule has 4 nitrogen and oxygen atoms in total. The van der Waals surface area contributed by atoms with Crippen molar-refractivity contribution in [2.45, 2.75) is 13.8 Å². The Bertz CT molecular complexity index is 920. The Labute approximate surface area is 138 Å². The summed E-state index contributed by atoms with van der Waals surface area (Å²) in [4.78, 5) is 10.5. The highest BCUT2D eigenvalue weighted by atomic mass is 32.1. The Morgan fingerprint density at radius 2 is 1.96 bits per heavy atom. The van der Waals surface area contributed by atoms with E-state index in [9.17, 15) is 0 Å². The Hall–Kier alpha value is -2.66. The second kappa shape index (κ2) is 5.52. The van der Waals surface area contributed by atoms with Gasteiger partial charge in [0.2, 0.25) is 0 Å². The molecule has 1 aliphatic rings. The predicted molar refractivity (Wildman–Crippen MR) is 95.3 cm³/mol. The molecule has 0 amide bonds. The zero-order chi connectivity index (χ0) is 15.8. The maximum atomic E-state index is 5.74. The zero-order valence-corrected chi connectivity index (χ0v) is 13.6. The largest absolute Gasteiger partial charge is 0.458 e. The molecule has 23 heavy (non-hydrogen) atoms. The maximum absolute atomic E-state index is 5.74. The molecule has 0 fully saturated rings. The zero-order valence-electron chi connectivity index (χ0n) is 12.8. The molecule has 2 aromatic heterocycles. The van der Waals surface area contributed by atoms with Gasteiger partial charge in [0.1, 0.15) is 5.76 Å². The van der Waals surface area contributed by atoms with Crippen molar-refractivity contribution in [1.82, 2.24) is 0 Å². The van der Waals surface area contributed by atoms with Crippen molar-refractivity contribution >= 4 is 34.4 Å². The van der Waals surface area contributed by atoms with E-state index in [0.717, 1.165) is 22.0 Å². The van der Waals surface area contributed by atoms with E-state index in [2.05, 4.69) is 24.4 Å². The van der Waals surface area contributed by atoms with E-state index in [1.165, 1.54) is 5.56 Å². The number of furan rings is 1. The van der Waals surface area contributed by atoms with Crippen molar-refractivity contribution < 1.29 is 4.42 Å². The number of hydrogen-bond donors (Lipinski definition) is 1. The topological polar surface area (TPSA) is 49.9 Å². The first-order valence-corrected chi connectivity index (χ1v) is 8.23. The van der Waals surface area contributed by atoms with E-state index in [0.29, 0.717) is 17.4 Å². The van der Waals surface area contributed by atoms with E-state index in [4.69, 9.17) is 14.4 Å². The molecular formula is C18H15N3OS. The number of nitrogens with zero attached hydrogens (tertiary/aromatic N) is 2. The van der Waals surface area contributed by atoms with Crippen LogP contribution in [0.15, 0.2) is 62.2 Å². The molecule has 1 aliphatic heterocycles. The molecule has 0 bridgehead atoms. The normalized spacial score (nSPS) is 13.7. The number of aliphatic imine (C=N–C) groups is 2. The average Bonchev–Trinajstić information content (AvgIpc) is 3.16. The van der Waals surface area contributed by atoms with Crippen LogP contribution in [-0.4, -0.2) is 11.7 Å². The van der Waals surface area contributed by atoms with Crippen LogP contribution in [0.25, 0.3) is 0 Å². The van der Waals surface area contributed by atoms with Gasteiger partial charge in [-0.1, -0.05) is 12.1 Å². The van der Waals surface area contributed by atoms with Crippen molar-refractivity contribution in [3.63, 3.8) is 0 Å². The molecule has 114 valence electrons. The highest BCUT2D eigenvalue weighted by molar-refractivity contribution is 7.12. The van der Waals surface area contributed by atoms with Gasteiger partial charge in [-0.15, -0.1) is 11.3 Å². The standard InChI is InChI=1S/C18H15N3OS/c1-11-5-7-13-14(10-11)20-17(15-8-6-12(2)22-15)21-18(19-13)16-4-3-9-23-16/h3-10H,1-2H3,(H,19,20,21). The van der Waals surface area contributed by atoms with E-state index in [1.807, 2.05) is 42.6 Å². The Morgan fingerprint density at radius 3 is 2.70 bits per heavy atom. The van der Waals surface area contributed by atoms with Crippen LogP contribution in [-0.2, 0) is 0 Å². The first-order valence-electron chi connectivity index (χ1n) is 7.35. The third-order valence-electron chi connectivity index (χ3n) is 3.56. The average molecular weight is 321 g/mol. The highest BCUT2D eigenvalue weighted by Gasteiger charge is 2.17. The summed E-state index contributed by atoms with van der Waals surface area (Å²) in [6, 6.07) is 14.0. The van der Waals surface area contributed by atoms with Gasteiger partial charge in [-0.25, -0.2) is 9.98 Å². The minimum atomic E-state index is 0.676. The second-order valence-corrected chi connectivity index (χ2v) is 6.38. The van der Waals surface area contributed by atoms with Gasteiger partial charge < -0.3 is 9.73 Å². The second-order valence-electron chi connectivity index (χ2n) is 5.43. The molecular weight excluding hydrogens is 306 g/mol. The summed E-state index contributed by atoms with van der Waals surface area (Å²) in [5.41, 5.74) is 2.98. The minimum Gasteiger partial charge on any atom is -0.458 e. The van der Waals surface area contributed by atoms with Gasteiger partial charge in [0, 0.05) is 0 Å². The summed E-state index contributed by atoms with van der Waals surface area (Å²) in [6.45, 7) is 3.98. The monoisotopic (exact) mass is 321 g/mol. The van der Waals surface area contributed by atoms with Crippen molar-refractivity contribution in [2.75, 3.05) is 5.32 Å². The van der Waals surface area contributed by atoms with Gasteiger partial charge in [0.25, 0.3) is 0 Å². The molecule has 0 radical (unpaired) electrons. The number of thiophene rings is 1. The van der Waals surface area contributed by atoms with E-state index in [-0.39, 0.29) is 0 Å². The Balaban J connectivity index is 1.89. The summed E-state index contributed by atoms with van der Waals surface area (Å²) >= 11 is 1.62. The number of amidine groups is 2. The third kappa shape index (κ3) is 2.71. The van der Waals surface area contributed by atoms with Crippen molar-refractivity contribution in [1.29, 1.82) is 0 Å². The molecule has 1 N–H and O–H groups in total. The summed E-state index contributed by atoms with van der Waals surface area (Å²) in [7, 11) is 0. The lowest BCUT2D eigenvalue weighted by Gasteiger charge is -2.08.